The first kappa shape index (κ1) is 25.1. The maximum atomic E-state index is 15.7. The van der Waals surface area contributed by atoms with Crippen molar-refractivity contribution in [1.82, 2.24) is 34.1 Å². The van der Waals surface area contributed by atoms with Gasteiger partial charge in [-0.25, -0.2) is 13.8 Å². The first-order chi connectivity index (χ1) is 18.6. The monoisotopic (exact) mass is 556 g/mol. The van der Waals surface area contributed by atoms with Crippen molar-refractivity contribution in [3.8, 4) is 22.6 Å². The molecule has 1 aromatic carbocycles. The third-order valence-corrected chi connectivity index (χ3v) is 7.14. The van der Waals surface area contributed by atoms with Crippen molar-refractivity contribution in [3.63, 3.8) is 0 Å². The molecule has 0 fully saturated rings. The number of benzene rings is 1. The van der Waals surface area contributed by atoms with E-state index >= 15 is 8.78 Å². The van der Waals surface area contributed by atoms with Crippen molar-refractivity contribution in [2.45, 2.75) is 31.9 Å². The zero-order valence-corrected chi connectivity index (χ0v) is 21.4. The predicted octanol–water partition coefficient (Wildman–Crippen LogP) is 6.21. The van der Waals surface area contributed by atoms with Crippen LogP contribution in [-0.4, -0.2) is 40.5 Å². The standard InChI is InChI=1S/C26H21ClF4N8/c1-14-11-32-21(34-22-7-8-33-37(22)2)10-16(14)15-9-19-24-35-36-25(26(30,31)17-5-3-4-6-18(17)27)39(24)20(23(28)29)13-38(19)12-15/h3-12,20,23H,13H2,1-2H3,(H,32,34)/t20-/m1/s1. The van der Waals surface area contributed by atoms with E-state index in [4.69, 9.17) is 11.6 Å². The quantitative estimate of drug-likeness (QED) is 0.252. The minimum Gasteiger partial charge on any atom is -0.342 e. The number of rotatable bonds is 6. The maximum absolute atomic E-state index is 15.7. The van der Waals surface area contributed by atoms with Gasteiger partial charge in [0, 0.05) is 43.2 Å². The van der Waals surface area contributed by atoms with Gasteiger partial charge in [0.25, 0.3) is 6.43 Å². The molecular formula is C26H21ClF4N8. The lowest BCUT2D eigenvalue weighted by Gasteiger charge is -2.29. The van der Waals surface area contributed by atoms with Crippen molar-refractivity contribution in [2.75, 3.05) is 5.32 Å². The number of nitrogens with zero attached hydrogens (tertiary/aromatic N) is 7. The summed E-state index contributed by atoms with van der Waals surface area (Å²) in [6.45, 7) is 1.63. The third kappa shape index (κ3) is 4.15. The molecule has 1 aliphatic heterocycles. The zero-order chi connectivity index (χ0) is 27.5. The fourth-order valence-electron chi connectivity index (χ4n) is 4.83. The van der Waals surface area contributed by atoms with Gasteiger partial charge in [-0.15, -0.1) is 10.2 Å². The lowest BCUT2D eigenvalue weighted by atomic mass is 10.0. The molecule has 0 aliphatic carbocycles. The van der Waals surface area contributed by atoms with Gasteiger partial charge in [-0.2, -0.15) is 13.9 Å². The highest BCUT2D eigenvalue weighted by Gasteiger charge is 2.46. The van der Waals surface area contributed by atoms with Gasteiger partial charge in [-0.1, -0.05) is 29.8 Å². The van der Waals surface area contributed by atoms with Gasteiger partial charge in [-0.05, 0) is 36.2 Å². The van der Waals surface area contributed by atoms with Gasteiger partial charge >= 0.3 is 5.92 Å². The van der Waals surface area contributed by atoms with Gasteiger partial charge in [-0.3, -0.25) is 9.25 Å². The van der Waals surface area contributed by atoms with E-state index in [0.29, 0.717) is 17.1 Å². The Bertz CT molecular complexity index is 1690. The summed E-state index contributed by atoms with van der Waals surface area (Å²) in [6, 6.07) is 9.13. The number of pyridine rings is 1. The molecule has 39 heavy (non-hydrogen) atoms. The molecular weight excluding hydrogens is 536 g/mol. The summed E-state index contributed by atoms with van der Waals surface area (Å²) < 4.78 is 64.0. The fourth-order valence-corrected chi connectivity index (χ4v) is 5.09. The van der Waals surface area contributed by atoms with Gasteiger partial charge in [0.05, 0.1) is 16.9 Å². The van der Waals surface area contributed by atoms with Crippen molar-refractivity contribution >= 4 is 23.2 Å². The van der Waals surface area contributed by atoms with Gasteiger partial charge in [0.1, 0.15) is 17.7 Å². The minimum absolute atomic E-state index is 0.0699. The summed E-state index contributed by atoms with van der Waals surface area (Å²) in [6.07, 6.45) is 2.11. The van der Waals surface area contributed by atoms with E-state index in [1.54, 1.807) is 47.0 Å². The van der Waals surface area contributed by atoms with Crippen LogP contribution in [-0.2, 0) is 19.5 Å². The molecule has 13 heteroatoms. The van der Waals surface area contributed by atoms with E-state index in [1.165, 1.54) is 18.2 Å². The van der Waals surface area contributed by atoms with Gasteiger partial charge < -0.3 is 9.88 Å². The molecule has 1 N–H and O–H groups in total. The van der Waals surface area contributed by atoms with Crippen LogP contribution in [0.25, 0.3) is 22.6 Å². The van der Waals surface area contributed by atoms with E-state index in [1.807, 2.05) is 13.0 Å². The van der Waals surface area contributed by atoms with E-state index in [2.05, 4.69) is 25.6 Å². The lowest BCUT2D eigenvalue weighted by molar-refractivity contribution is 0.0146. The predicted molar refractivity (Wildman–Crippen MR) is 137 cm³/mol. The van der Waals surface area contributed by atoms with Crippen LogP contribution < -0.4 is 5.32 Å². The fraction of sp³-hybridized carbons (Fsp3) is 0.231. The van der Waals surface area contributed by atoms with Crippen LogP contribution in [0.2, 0.25) is 5.02 Å². The Morgan fingerprint density at radius 2 is 1.92 bits per heavy atom. The summed E-state index contributed by atoms with van der Waals surface area (Å²) in [5.41, 5.74) is 2.19. The highest BCUT2D eigenvalue weighted by Crippen LogP contribution is 2.44. The van der Waals surface area contributed by atoms with Gasteiger partial charge in [0.15, 0.2) is 5.82 Å². The molecule has 0 unspecified atom stereocenters. The number of aromatic nitrogens is 7. The first-order valence-electron chi connectivity index (χ1n) is 11.9. The SMILES string of the molecule is Cc1cnc(Nc2ccnn2C)cc1-c1cc2n(c1)C[C@H](C(F)F)n1c-2nnc1C(F)(F)c1ccccc1Cl. The van der Waals surface area contributed by atoms with E-state index in [-0.39, 0.29) is 17.4 Å². The third-order valence-electron chi connectivity index (χ3n) is 6.81. The van der Waals surface area contributed by atoms with Crippen molar-refractivity contribution in [1.29, 1.82) is 0 Å². The molecule has 0 saturated heterocycles. The van der Waals surface area contributed by atoms with Crippen LogP contribution in [0, 0.1) is 6.92 Å². The van der Waals surface area contributed by atoms with E-state index in [0.717, 1.165) is 27.6 Å². The second-order valence-corrected chi connectivity index (χ2v) is 9.70. The molecule has 6 rings (SSSR count). The molecule has 0 amide bonds. The topological polar surface area (TPSA) is 78.4 Å². The van der Waals surface area contributed by atoms with Crippen LogP contribution in [0.15, 0.2) is 61.1 Å². The molecule has 0 spiro atoms. The smallest absolute Gasteiger partial charge is 0.333 e. The summed E-state index contributed by atoms with van der Waals surface area (Å²) in [7, 11) is 1.79. The van der Waals surface area contributed by atoms with E-state index < -0.39 is 29.8 Å². The number of halogens is 5. The molecule has 5 heterocycles. The Hall–Kier alpha value is -4.19. The van der Waals surface area contributed by atoms with Crippen molar-refractivity contribution < 1.29 is 17.6 Å². The van der Waals surface area contributed by atoms with Crippen molar-refractivity contribution in [2.24, 2.45) is 7.05 Å². The number of alkyl halides is 4. The molecule has 8 nitrogen and oxygen atoms in total. The summed E-state index contributed by atoms with van der Waals surface area (Å²) in [5, 5.41) is 14.8. The average Bonchev–Trinajstić information content (AvgIpc) is 3.63. The molecule has 1 atom stereocenters. The minimum atomic E-state index is -3.75. The maximum Gasteiger partial charge on any atom is 0.333 e. The number of anilines is 2. The Labute approximate surface area is 224 Å². The average molecular weight is 557 g/mol. The summed E-state index contributed by atoms with van der Waals surface area (Å²) >= 11 is 6.04. The zero-order valence-electron chi connectivity index (χ0n) is 20.7. The molecule has 0 radical (unpaired) electrons. The Balaban J connectivity index is 1.44. The van der Waals surface area contributed by atoms with Crippen LogP contribution in [0.4, 0.5) is 29.2 Å². The Morgan fingerprint density at radius 1 is 1.13 bits per heavy atom. The second kappa shape index (κ2) is 9.23. The molecule has 0 saturated carbocycles. The highest BCUT2D eigenvalue weighted by molar-refractivity contribution is 6.31. The van der Waals surface area contributed by atoms with Gasteiger partial charge in [0.2, 0.25) is 5.82 Å². The number of hydrogen-bond acceptors (Lipinski definition) is 5. The van der Waals surface area contributed by atoms with Crippen LogP contribution in [0.1, 0.15) is 23.0 Å². The normalized spacial score (nSPS) is 14.9. The number of aryl methyl sites for hydroxylation is 2. The van der Waals surface area contributed by atoms with Crippen LogP contribution in [0.5, 0.6) is 0 Å². The summed E-state index contributed by atoms with van der Waals surface area (Å²) in [4.78, 5) is 4.42. The molecule has 1 aliphatic rings. The summed E-state index contributed by atoms with van der Waals surface area (Å²) in [5.74, 6) is -3.42. The van der Waals surface area contributed by atoms with Crippen LogP contribution in [0.3, 0.4) is 0 Å². The molecule has 4 aromatic heterocycles. The van der Waals surface area contributed by atoms with Crippen LogP contribution >= 0.6 is 11.6 Å². The largest absolute Gasteiger partial charge is 0.342 e. The Kier molecular flexibility index (Phi) is 5.94. The molecule has 5 aromatic rings. The molecule has 0 bridgehead atoms. The first-order valence-corrected chi connectivity index (χ1v) is 12.3. The highest BCUT2D eigenvalue weighted by atomic mass is 35.5. The Morgan fingerprint density at radius 3 is 2.64 bits per heavy atom. The number of fused-ring (bicyclic) bond motifs is 3. The number of hydrogen-bond donors (Lipinski definition) is 1. The second-order valence-electron chi connectivity index (χ2n) is 9.29. The van der Waals surface area contributed by atoms with E-state index in [9.17, 15) is 8.78 Å². The lowest BCUT2D eigenvalue weighted by Crippen LogP contribution is -2.32. The van der Waals surface area contributed by atoms with Crippen molar-refractivity contribution in [3.05, 3.63) is 83.0 Å². The number of nitrogens with one attached hydrogen (secondary N) is 1. The molecule has 200 valence electrons.